The van der Waals surface area contributed by atoms with Crippen LogP contribution in [0, 0.1) is 5.41 Å². The van der Waals surface area contributed by atoms with E-state index in [0.717, 1.165) is 0 Å². The second-order valence-electron chi connectivity index (χ2n) is 1.10. The summed E-state index contributed by atoms with van der Waals surface area (Å²) < 4.78 is 0. The molecule has 0 aliphatic rings. The molecular formula is C3H6N3O2. The Balaban J connectivity index is 3.18. The molecule has 5 heteroatoms. The van der Waals surface area contributed by atoms with Crippen molar-refractivity contribution in [3.8, 4) is 0 Å². The van der Waals surface area contributed by atoms with Crippen LogP contribution in [0.5, 0.6) is 0 Å². The molecule has 0 fully saturated rings. The van der Waals surface area contributed by atoms with Crippen LogP contribution in [0.15, 0.2) is 0 Å². The molecule has 0 atom stereocenters. The Morgan fingerprint density at radius 3 is 2.50 bits per heavy atom. The summed E-state index contributed by atoms with van der Waals surface area (Å²) in [5.41, 5.74) is 4.69. The maximum absolute atomic E-state index is 9.66. The SMILES string of the molecule is N=C(N)[N]CC(=O)O. The molecule has 0 amide bonds. The lowest BCUT2D eigenvalue weighted by Crippen LogP contribution is -2.27. The van der Waals surface area contributed by atoms with E-state index in [1.165, 1.54) is 0 Å². The summed E-state index contributed by atoms with van der Waals surface area (Å²) in [6.07, 6.45) is 0. The van der Waals surface area contributed by atoms with Crippen molar-refractivity contribution >= 4 is 11.9 Å². The van der Waals surface area contributed by atoms with Crippen LogP contribution in [0.1, 0.15) is 0 Å². The first-order chi connectivity index (χ1) is 3.63. The molecule has 8 heavy (non-hydrogen) atoms. The first-order valence-electron chi connectivity index (χ1n) is 1.86. The van der Waals surface area contributed by atoms with Crippen LogP contribution in [0.2, 0.25) is 0 Å². The quantitative estimate of drug-likeness (QED) is 0.304. The summed E-state index contributed by atoms with van der Waals surface area (Å²) in [5.74, 6) is -1.53. The number of carboxylic acids is 1. The van der Waals surface area contributed by atoms with Gasteiger partial charge < -0.3 is 10.8 Å². The number of nitrogens with two attached hydrogens (primary N) is 1. The molecule has 0 aromatic carbocycles. The summed E-state index contributed by atoms with van der Waals surface area (Å²) in [6.45, 7) is -0.421. The monoisotopic (exact) mass is 116 g/mol. The number of aliphatic carboxylic acids is 1. The summed E-state index contributed by atoms with van der Waals surface area (Å²) in [5, 5.41) is 17.4. The van der Waals surface area contributed by atoms with E-state index in [4.69, 9.17) is 16.2 Å². The van der Waals surface area contributed by atoms with Crippen molar-refractivity contribution in [1.29, 1.82) is 5.41 Å². The Morgan fingerprint density at radius 2 is 2.38 bits per heavy atom. The number of guanidine groups is 1. The number of nitrogens with one attached hydrogen (secondary N) is 1. The second kappa shape index (κ2) is 2.84. The highest BCUT2D eigenvalue weighted by Gasteiger charge is 1.95. The van der Waals surface area contributed by atoms with Crippen LogP contribution in [0.25, 0.3) is 0 Å². The average molecular weight is 116 g/mol. The third-order valence-electron chi connectivity index (χ3n) is 0.385. The van der Waals surface area contributed by atoms with Gasteiger partial charge in [0.2, 0.25) is 5.96 Å². The normalized spacial score (nSPS) is 8.00. The van der Waals surface area contributed by atoms with Crippen molar-refractivity contribution < 1.29 is 9.90 Å². The van der Waals surface area contributed by atoms with Crippen LogP contribution in [0.3, 0.4) is 0 Å². The standard InChI is InChI=1S/C3H6N3O2/c4-3(5)6-1-2(7)8/h1H2,(H3,4,5)(H,7,8). The van der Waals surface area contributed by atoms with E-state index >= 15 is 0 Å². The highest BCUT2D eigenvalue weighted by Crippen LogP contribution is 1.59. The van der Waals surface area contributed by atoms with Crippen LogP contribution >= 0.6 is 0 Å². The summed E-state index contributed by atoms with van der Waals surface area (Å²) in [4.78, 5) is 9.66. The molecule has 0 aliphatic heterocycles. The van der Waals surface area contributed by atoms with Crippen molar-refractivity contribution in [3.63, 3.8) is 0 Å². The Bertz CT molecular complexity index is 97.1. The van der Waals surface area contributed by atoms with Crippen molar-refractivity contribution in [3.05, 3.63) is 0 Å². The van der Waals surface area contributed by atoms with E-state index in [1.807, 2.05) is 0 Å². The molecule has 0 unspecified atom stereocenters. The van der Waals surface area contributed by atoms with Gasteiger partial charge in [0.15, 0.2) is 0 Å². The van der Waals surface area contributed by atoms with E-state index in [-0.39, 0.29) is 0 Å². The fourth-order valence-corrected chi connectivity index (χ4v) is 0.153. The van der Waals surface area contributed by atoms with Crippen molar-refractivity contribution in [1.82, 2.24) is 5.32 Å². The molecule has 0 aromatic rings. The van der Waals surface area contributed by atoms with Gasteiger partial charge in [0.1, 0.15) is 6.54 Å². The van der Waals surface area contributed by atoms with E-state index in [0.29, 0.717) is 0 Å². The Labute approximate surface area is 46.0 Å². The van der Waals surface area contributed by atoms with Gasteiger partial charge in [0.05, 0.1) is 0 Å². The highest BCUT2D eigenvalue weighted by atomic mass is 16.4. The topological polar surface area (TPSA) is 101 Å². The third kappa shape index (κ3) is 4.74. The van der Waals surface area contributed by atoms with Crippen LogP contribution in [-0.4, -0.2) is 23.6 Å². The minimum Gasteiger partial charge on any atom is -0.480 e. The fraction of sp³-hybridized carbons (Fsp3) is 0.333. The van der Waals surface area contributed by atoms with Gasteiger partial charge in [0, 0.05) is 0 Å². The average Bonchev–Trinajstić information content (AvgIpc) is 1.61. The van der Waals surface area contributed by atoms with Gasteiger partial charge in [-0.05, 0) is 0 Å². The first kappa shape index (κ1) is 6.74. The Kier molecular flexibility index (Phi) is 2.39. The molecule has 0 aliphatic carbocycles. The second-order valence-corrected chi connectivity index (χ2v) is 1.10. The zero-order valence-electron chi connectivity index (χ0n) is 4.09. The largest absolute Gasteiger partial charge is 0.480 e. The van der Waals surface area contributed by atoms with Gasteiger partial charge in [-0.15, -0.1) is 0 Å². The van der Waals surface area contributed by atoms with E-state index in [1.54, 1.807) is 0 Å². The van der Waals surface area contributed by atoms with Gasteiger partial charge in [-0.3, -0.25) is 10.2 Å². The van der Waals surface area contributed by atoms with Crippen LogP contribution in [0.4, 0.5) is 0 Å². The molecule has 1 radical (unpaired) electrons. The predicted molar refractivity (Wildman–Crippen MR) is 26.6 cm³/mol. The molecule has 45 valence electrons. The van der Waals surface area contributed by atoms with Gasteiger partial charge in [-0.2, -0.15) is 0 Å². The molecule has 0 heterocycles. The lowest BCUT2D eigenvalue weighted by molar-refractivity contribution is -0.135. The van der Waals surface area contributed by atoms with Crippen molar-refractivity contribution in [2.24, 2.45) is 5.73 Å². The van der Waals surface area contributed by atoms with Crippen LogP contribution < -0.4 is 11.1 Å². The molecule has 4 N–H and O–H groups in total. The minimum atomic E-state index is -1.08. The zero-order valence-corrected chi connectivity index (χ0v) is 4.09. The van der Waals surface area contributed by atoms with Crippen LogP contribution in [-0.2, 0) is 4.79 Å². The lowest BCUT2D eigenvalue weighted by Gasteiger charge is -1.91. The number of nitrogens with zero attached hydrogens (tertiary/aromatic N) is 1. The predicted octanol–water partition coefficient (Wildman–Crippen LogP) is -1.43. The lowest BCUT2D eigenvalue weighted by atomic mass is 10.6. The van der Waals surface area contributed by atoms with E-state index in [2.05, 4.69) is 5.32 Å². The molecule has 0 aromatic heterocycles. The summed E-state index contributed by atoms with van der Waals surface area (Å²) in [6, 6.07) is 0. The van der Waals surface area contributed by atoms with Gasteiger partial charge in [0.25, 0.3) is 0 Å². The summed E-state index contributed by atoms with van der Waals surface area (Å²) in [7, 11) is 0. The van der Waals surface area contributed by atoms with Crippen molar-refractivity contribution in [2.45, 2.75) is 0 Å². The molecule has 0 saturated carbocycles. The zero-order chi connectivity index (χ0) is 6.57. The number of hydrogen-bond donors (Lipinski definition) is 3. The van der Waals surface area contributed by atoms with E-state index in [9.17, 15) is 4.79 Å². The Morgan fingerprint density at radius 1 is 1.88 bits per heavy atom. The third-order valence-corrected chi connectivity index (χ3v) is 0.385. The molecule has 0 bridgehead atoms. The van der Waals surface area contributed by atoms with Gasteiger partial charge in [-0.1, -0.05) is 0 Å². The van der Waals surface area contributed by atoms with Crippen molar-refractivity contribution in [2.75, 3.05) is 6.54 Å². The molecule has 0 rings (SSSR count). The Hall–Kier alpha value is -1.26. The molecule has 0 spiro atoms. The van der Waals surface area contributed by atoms with E-state index < -0.39 is 18.5 Å². The number of carboxylic acid groups (broad SMARTS) is 1. The van der Waals surface area contributed by atoms with Gasteiger partial charge in [-0.25, -0.2) is 5.32 Å². The minimum absolute atomic E-state index is 0.421. The first-order valence-corrected chi connectivity index (χ1v) is 1.86. The highest BCUT2D eigenvalue weighted by molar-refractivity contribution is 5.79. The molecule has 0 saturated heterocycles. The summed E-state index contributed by atoms with van der Waals surface area (Å²) >= 11 is 0. The smallest absolute Gasteiger partial charge is 0.325 e. The number of rotatable bonds is 2. The number of hydrogen-bond acceptors (Lipinski definition) is 2. The molecular weight excluding hydrogens is 110 g/mol. The maximum Gasteiger partial charge on any atom is 0.325 e. The van der Waals surface area contributed by atoms with Gasteiger partial charge >= 0.3 is 5.97 Å². The molecule has 5 nitrogen and oxygen atoms in total. The number of carbonyl (C=O) groups is 1. The maximum atomic E-state index is 9.66. The fourth-order valence-electron chi connectivity index (χ4n) is 0.153.